The van der Waals surface area contributed by atoms with Gasteiger partial charge in [-0.3, -0.25) is 4.79 Å². The van der Waals surface area contributed by atoms with E-state index in [0.29, 0.717) is 18.0 Å². The summed E-state index contributed by atoms with van der Waals surface area (Å²) in [7, 11) is -3.79. The van der Waals surface area contributed by atoms with Gasteiger partial charge in [-0.1, -0.05) is 11.6 Å². The quantitative estimate of drug-likeness (QED) is 0.884. The number of carbonyl (C=O) groups is 1. The van der Waals surface area contributed by atoms with Gasteiger partial charge in [0, 0.05) is 34.1 Å². The molecule has 1 aromatic carbocycles. The number of fused-ring (bicyclic) bond motifs is 3. The first-order valence-corrected chi connectivity index (χ1v) is 9.36. The second kappa shape index (κ2) is 5.22. The molecule has 8 heteroatoms. The first-order chi connectivity index (χ1) is 10.9. The number of aromatic amines is 1. The van der Waals surface area contributed by atoms with Crippen LogP contribution in [0.25, 0.3) is 10.9 Å². The summed E-state index contributed by atoms with van der Waals surface area (Å²) in [5.41, 5.74) is 2.90. The predicted octanol–water partition coefficient (Wildman–Crippen LogP) is 1.95. The highest BCUT2D eigenvalue weighted by Crippen LogP contribution is 2.31. The van der Waals surface area contributed by atoms with Crippen LogP contribution < -0.4 is 4.72 Å². The molecule has 2 aromatic rings. The van der Waals surface area contributed by atoms with Crippen LogP contribution in [0.5, 0.6) is 0 Å². The molecule has 0 spiro atoms. The average Bonchev–Trinajstić information content (AvgIpc) is 3.29. The summed E-state index contributed by atoms with van der Waals surface area (Å²) in [6, 6.07) is 5.59. The first kappa shape index (κ1) is 15.0. The maximum atomic E-state index is 12.4. The number of aromatic nitrogens is 1. The summed E-state index contributed by atoms with van der Waals surface area (Å²) in [6.45, 7) is 0.578. The van der Waals surface area contributed by atoms with Gasteiger partial charge in [-0.15, -0.1) is 0 Å². The molecule has 1 fully saturated rings. The molecule has 4 rings (SSSR count). The van der Waals surface area contributed by atoms with E-state index < -0.39 is 10.2 Å². The fourth-order valence-corrected chi connectivity index (χ4v) is 4.37. The zero-order chi connectivity index (χ0) is 16.2. The molecule has 1 saturated carbocycles. The van der Waals surface area contributed by atoms with Crippen molar-refractivity contribution in [3.05, 3.63) is 34.5 Å². The zero-order valence-corrected chi connectivity index (χ0v) is 13.9. The smallest absolute Gasteiger partial charge is 0.304 e. The van der Waals surface area contributed by atoms with Gasteiger partial charge in [0.15, 0.2) is 0 Å². The molecule has 6 nitrogen and oxygen atoms in total. The Bertz CT molecular complexity index is 902. The van der Waals surface area contributed by atoms with E-state index in [4.69, 9.17) is 11.6 Å². The van der Waals surface area contributed by atoms with Crippen molar-refractivity contribution in [2.45, 2.75) is 25.8 Å². The number of hydrogen-bond acceptors (Lipinski definition) is 3. The minimum absolute atomic E-state index is 0.139. The van der Waals surface area contributed by atoms with Crippen molar-refractivity contribution in [1.82, 2.24) is 14.0 Å². The number of carbonyl (C=O) groups excluding carboxylic acids is 1. The highest BCUT2D eigenvalue weighted by Gasteiger charge is 2.35. The van der Waals surface area contributed by atoms with E-state index in [9.17, 15) is 13.2 Å². The standard InChI is InChI=1S/C15H16ClN3O3S/c16-10-3-4-13-12(7-10)11-5-6-19(8-14(11)17-13)23(21,22)18-15(20)9-1-2-9/h3-4,7,9,17H,1-2,5-6,8H2,(H,18,20). The topological polar surface area (TPSA) is 82.3 Å². The lowest BCUT2D eigenvalue weighted by Gasteiger charge is -2.26. The largest absolute Gasteiger partial charge is 0.357 e. The van der Waals surface area contributed by atoms with Crippen molar-refractivity contribution < 1.29 is 13.2 Å². The molecule has 2 aliphatic rings. The summed E-state index contributed by atoms with van der Waals surface area (Å²) >= 11 is 6.04. The van der Waals surface area contributed by atoms with Gasteiger partial charge in [-0.05, 0) is 43.0 Å². The highest BCUT2D eigenvalue weighted by molar-refractivity contribution is 7.87. The number of hydrogen-bond donors (Lipinski definition) is 2. The van der Waals surface area contributed by atoms with E-state index >= 15 is 0 Å². The van der Waals surface area contributed by atoms with Crippen LogP contribution in [0, 0.1) is 5.92 Å². The second-order valence-electron chi connectivity index (χ2n) is 6.10. The molecule has 1 aliphatic heterocycles. The summed E-state index contributed by atoms with van der Waals surface area (Å²) in [5, 5.41) is 1.69. The van der Waals surface area contributed by atoms with Crippen molar-refractivity contribution in [1.29, 1.82) is 0 Å². The molecule has 2 heterocycles. The Balaban J connectivity index is 1.60. The van der Waals surface area contributed by atoms with Crippen molar-refractivity contribution in [3.63, 3.8) is 0 Å². The number of nitrogens with one attached hydrogen (secondary N) is 2. The van der Waals surface area contributed by atoms with Crippen LogP contribution in [0.15, 0.2) is 18.2 Å². The van der Waals surface area contributed by atoms with Crippen molar-refractivity contribution >= 4 is 38.6 Å². The third-order valence-electron chi connectivity index (χ3n) is 4.42. The molecule has 23 heavy (non-hydrogen) atoms. The van der Waals surface area contributed by atoms with Crippen molar-refractivity contribution in [2.24, 2.45) is 5.92 Å². The lowest BCUT2D eigenvalue weighted by molar-refractivity contribution is -0.120. The van der Waals surface area contributed by atoms with E-state index in [2.05, 4.69) is 9.71 Å². The monoisotopic (exact) mass is 353 g/mol. The minimum atomic E-state index is -3.79. The normalized spacial score (nSPS) is 18.8. The second-order valence-corrected chi connectivity index (χ2v) is 8.21. The Hall–Kier alpha value is -1.57. The number of halogens is 1. The molecule has 0 bridgehead atoms. The Kier molecular flexibility index (Phi) is 3.40. The molecular weight excluding hydrogens is 338 g/mol. The third-order valence-corrected chi connectivity index (χ3v) is 6.11. The Morgan fingerprint density at radius 2 is 2.13 bits per heavy atom. The minimum Gasteiger partial charge on any atom is -0.357 e. The van der Waals surface area contributed by atoms with Crippen LogP contribution in [0.4, 0.5) is 0 Å². The molecule has 0 radical (unpaired) electrons. The number of nitrogens with zero attached hydrogens (tertiary/aromatic N) is 1. The molecular formula is C15H16ClN3O3S. The molecule has 1 aliphatic carbocycles. The van der Waals surface area contributed by atoms with Gasteiger partial charge in [0.05, 0.1) is 6.54 Å². The van der Waals surface area contributed by atoms with Crippen LogP contribution in [0.2, 0.25) is 5.02 Å². The third kappa shape index (κ3) is 2.73. The van der Waals surface area contributed by atoms with Gasteiger partial charge >= 0.3 is 10.2 Å². The molecule has 2 N–H and O–H groups in total. The van der Waals surface area contributed by atoms with Gasteiger partial charge in [0.25, 0.3) is 0 Å². The lowest BCUT2D eigenvalue weighted by Crippen LogP contribution is -2.46. The SMILES string of the molecule is O=C(NS(=O)(=O)N1CCc2c([nH]c3ccc(Cl)cc23)C1)C1CC1. The Labute approximate surface area is 139 Å². The van der Waals surface area contributed by atoms with Crippen LogP contribution in [0.1, 0.15) is 24.1 Å². The van der Waals surface area contributed by atoms with Gasteiger partial charge in [0.2, 0.25) is 5.91 Å². The summed E-state index contributed by atoms with van der Waals surface area (Å²) < 4.78 is 28.2. The molecule has 1 aromatic heterocycles. The molecule has 1 amide bonds. The van der Waals surface area contributed by atoms with E-state index in [1.807, 2.05) is 12.1 Å². The van der Waals surface area contributed by atoms with Crippen LogP contribution >= 0.6 is 11.6 Å². The van der Waals surface area contributed by atoms with Gasteiger partial charge in [-0.2, -0.15) is 12.7 Å². The Morgan fingerprint density at radius 3 is 2.87 bits per heavy atom. The maximum Gasteiger partial charge on any atom is 0.304 e. The summed E-state index contributed by atoms with van der Waals surface area (Å²) in [6.07, 6.45) is 2.14. The molecule has 0 saturated heterocycles. The van der Waals surface area contributed by atoms with Crippen LogP contribution in [0.3, 0.4) is 0 Å². The summed E-state index contributed by atoms with van der Waals surface area (Å²) in [5.74, 6) is -0.528. The predicted molar refractivity (Wildman–Crippen MR) is 87.2 cm³/mol. The number of benzene rings is 1. The first-order valence-electron chi connectivity index (χ1n) is 7.55. The van der Waals surface area contributed by atoms with Gasteiger partial charge in [-0.25, -0.2) is 4.72 Å². The van der Waals surface area contributed by atoms with E-state index in [-0.39, 0.29) is 18.4 Å². The number of rotatable bonds is 3. The lowest BCUT2D eigenvalue weighted by atomic mass is 10.0. The average molecular weight is 354 g/mol. The van der Waals surface area contributed by atoms with Gasteiger partial charge in [0.1, 0.15) is 0 Å². The van der Waals surface area contributed by atoms with Crippen LogP contribution in [-0.2, 0) is 28.0 Å². The van der Waals surface area contributed by atoms with E-state index in [1.165, 1.54) is 4.31 Å². The number of amides is 1. The highest BCUT2D eigenvalue weighted by atomic mass is 35.5. The van der Waals surface area contributed by atoms with E-state index in [0.717, 1.165) is 35.0 Å². The number of H-pyrrole nitrogens is 1. The van der Waals surface area contributed by atoms with Crippen molar-refractivity contribution in [3.8, 4) is 0 Å². The Morgan fingerprint density at radius 1 is 1.35 bits per heavy atom. The zero-order valence-electron chi connectivity index (χ0n) is 12.3. The fraction of sp³-hybridized carbons (Fsp3) is 0.400. The molecule has 0 atom stereocenters. The summed E-state index contributed by atoms with van der Waals surface area (Å²) in [4.78, 5) is 15.0. The fourth-order valence-electron chi connectivity index (χ4n) is 3.01. The van der Waals surface area contributed by atoms with Crippen molar-refractivity contribution in [2.75, 3.05) is 6.54 Å². The van der Waals surface area contributed by atoms with E-state index in [1.54, 1.807) is 6.07 Å². The maximum absolute atomic E-state index is 12.4. The molecule has 0 unspecified atom stereocenters. The van der Waals surface area contributed by atoms with Gasteiger partial charge < -0.3 is 4.98 Å². The van der Waals surface area contributed by atoms with Crippen LogP contribution in [-0.4, -0.2) is 30.2 Å². The molecule has 122 valence electrons.